The molecule has 66 valence electrons. The molecule has 1 amide bonds. The van der Waals surface area contributed by atoms with Gasteiger partial charge in [0.1, 0.15) is 0 Å². The molecule has 0 saturated carbocycles. The lowest BCUT2D eigenvalue weighted by molar-refractivity contribution is -0.120. The summed E-state index contributed by atoms with van der Waals surface area (Å²) in [5.41, 5.74) is 0. The van der Waals surface area contributed by atoms with Crippen LogP contribution in [0.2, 0.25) is 0 Å². The Labute approximate surface area is 76.9 Å². The van der Waals surface area contributed by atoms with Gasteiger partial charge in [-0.15, -0.1) is 0 Å². The largest absolute Gasteiger partial charge is 0.355 e. The summed E-state index contributed by atoms with van der Waals surface area (Å²) in [7, 11) is 0. The molecule has 1 atom stereocenters. The first-order chi connectivity index (χ1) is 5.20. The summed E-state index contributed by atoms with van der Waals surface area (Å²) in [6, 6.07) is 0. The Balaban J connectivity index is 3.29. The van der Waals surface area contributed by atoms with Crippen molar-refractivity contribution in [2.24, 2.45) is 0 Å². The van der Waals surface area contributed by atoms with Crippen LogP contribution in [-0.4, -0.2) is 17.3 Å². The van der Waals surface area contributed by atoms with Gasteiger partial charge < -0.3 is 5.32 Å². The molecule has 0 aromatic rings. The summed E-state index contributed by atoms with van der Waals surface area (Å²) < 4.78 is 0. The summed E-state index contributed by atoms with van der Waals surface area (Å²) in [5, 5.41) is 2.83. The Bertz CT molecular complexity index is 117. The van der Waals surface area contributed by atoms with Gasteiger partial charge in [-0.1, -0.05) is 36.2 Å². The van der Waals surface area contributed by atoms with Crippen molar-refractivity contribution in [3.8, 4) is 0 Å². The molecule has 0 heterocycles. The molecule has 2 nitrogen and oxygen atoms in total. The Kier molecular flexibility index (Phi) is 6.62. The quantitative estimate of drug-likeness (QED) is 0.709. The van der Waals surface area contributed by atoms with Crippen molar-refractivity contribution < 1.29 is 4.79 Å². The third-order valence-electron chi connectivity index (χ3n) is 1.44. The minimum absolute atomic E-state index is 0.130. The highest BCUT2D eigenvalue weighted by molar-refractivity contribution is 9.09. The van der Waals surface area contributed by atoms with Crippen LogP contribution in [0.25, 0.3) is 0 Å². The summed E-state index contributed by atoms with van der Waals surface area (Å²) in [6.45, 7) is 4.74. The molecule has 0 aromatic carbocycles. The summed E-state index contributed by atoms with van der Waals surface area (Å²) in [6.07, 6.45) is 2.84. The van der Waals surface area contributed by atoms with Crippen LogP contribution in [0.15, 0.2) is 0 Å². The van der Waals surface area contributed by atoms with E-state index in [1.54, 1.807) is 0 Å². The number of halogens is 1. The third kappa shape index (κ3) is 6.35. The fourth-order valence-corrected chi connectivity index (χ4v) is 1.38. The molecule has 0 radical (unpaired) electrons. The zero-order valence-electron chi connectivity index (χ0n) is 7.19. The van der Waals surface area contributed by atoms with E-state index in [1.165, 1.54) is 0 Å². The van der Waals surface area contributed by atoms with E-state index >= 15 is 0 Å². The van der Waals surface area contributed by atoms with Gasteiger partial charge in [0.15, 0.2) is 0 Å². The molecule has 0 saturated heterocycles. The van der Waals surface area contributed by atoms with Crippen LogP contribution in [0, 0.1) is 0 Å². The maximum Gasteiger partial charge on any atom is 0.219 e. The van der Waals surface area contributed by atoms with Crippen LogP contribution >= 0.6 is 15.9 Å². The predicted molar refractivity (Wildman–Crippen MR) is 50.9 cm³/mol. The molecule has 0 bridgehead atoms. The Morgan fingerprint density at radius 3 is 2.64 bits per heavy atom. The lowest BCUT2D eigenvalue weighted by Crippen LogP contribution is -2.28. The highest BCUT2D eigenvalue weighted by Gasteiger charge is 2.03. The van der Waals surface area contributed by atoms with Crippen LogP contribution in [0.4, 0.5) is 0 Å². The van der Waals surface area contributed by atoms with E-state index in [-0.39, 0.29) is 5.91 Å². The van der Waals surface area contributed by atoms with Crippen molar-refractivity contribution in [3.05, 3.63) is 0 Å². The monoisotopic (exact) mass is 221 g/mol. The van der Waals surface area contributed by atoms with E-state index in [9.17, 15) is 4.79 Å². The van der Waals surface area contributed by atoms with E-state index < -0.39 is 0 Å². The highest BCUT2D eigenvalue weighted by Crippen LogP contribution is 2.05. The molecule has 0 aliphatic rings. The van der Waals surface area contributed by atoms with Gasteiger partial charge in [-0.05, 0) is 6.42 Å². The van der Waals surface area contributed by atoms with Crippen LogP contribution in [0.1, 0.15) is 33.1 Å². The number of amides is 1. The molecular weight excluding hydrogens is 206 g/mol. The zero-order valence-corrected chi connectivity index (χ0v) is 8.78. The summed E-state index contributed by atoms with van der Waals surface area (Å²) in [4.78, 5) is 11.2. The first-order valence-electron chi connectivity index (χ1n) is 4.11. The van der Waals surface area contributed by atoms with Crippen molar-refractivity contribution in [1.82, 2.24) is 5.32 Å². The Morgan fingerprint density at radius 1 is 1.55 bits per heavy atom. The van der Waals surface area contributed by atoms with E-state index in [0.717, 1.165) is 19.4 Å². The van der Waals surface area contributed by atoms with Crippen LogP contribution < -0.4 is 5.32 Å². The molecule has 0 fully saturated rings. The molecule has 1 unspecified atom stereocenters. The number of rotatable bonds is 5. The van der Waals surface area contributed by atoms with Crippen molar-refractivity contribution >= 4 is 21.8 Å². The molecule has 1 N–H and O–H groups in total. The lowest BCUT2D eigenvalue weighted by atomic mass is 10.2. The number of carbonyl (C=O) groups is 1. The van der Waals surface area contributed by atoms with Crippen molar-refractivity contribution in [1.29, 1.82) is 0 Å². The van der Waals surface area contributed by atoms with Gasteiger partial charge >= 0.3 is 0 Å². The standard InChI is InChI=1S/C8H16BrNO/c1-3-5-7(9)6-10-8(11)4-2/h7H,3-6H2,1-2H3,(H,10,11). The fraction of sp³-hybridized carbons (Fsp3) is 0.875. The van der Waals surface area contributed by atoms with Gasteiger partial charge in [-0.2, -0.15) is 0 Å². The van der Waals surface area contributed by atoms with Crippen LogP contribution in [0.5, 0.6) is 0 Å². The molecule has 0 aliphatic carbocycles. The van der Waals surface area contributed by atoms with Gasteiger partial charge in [0, 0.05) is 17.8 Å². The summed E-state index contributed by atoms with van der Waals surface area (Å²) >= 11 is 3.48. The highest BCUT2D eigenvalue weighted by atomic mass is 79.9. The molecule has 0 aromatic heterocycles. The van der Waals surface area contributed by atoms with Crippen LogP contribution in [0.3, 0.4) is 0 Å². The molecular formula is C8H16BrNO. The Hall–Kier alpha value is -0.0500. The second kappa shape index (κ2) is 6.65. The fourth-order valence-electron chi connectivity index (χ4n) is 0.765. The second-order valence-corrected chi connectivity index (χ2v) is 3.84. The lowest BCUT2D eigenvalue weighted by Gasteiger charge is -2.08. The maximum atomic E-state index is 10.8. The SMILES string of the molecule is CCCC(Br)CNC(=O)CC. The smallest absolute Gasteiger partial charge is 0.219 e. The second-order valence-electron chi connectivity index (χ2n) is 2.54. The minimum atomic E-state index is 0.130. The number of hydrogen-bond acceptors (Lipinski definition) is 1. The first-order valence-corrected chi connectivity index (χ1v) is 5.03. The maximum absolute atomic E-state index is 10.8. The molecule has 0 spiro atoms. The van der Waals surface area contributed by atoms with Crippen molar-refractivity contribution in [2.75, 3.05) is 6.54 Å². The van der Waals surface area contributed by atoms with E-state index in [2.05, 4.69) is 28.2 Å². The molecule has 11 heavy (non-hydrogen) atoms. The molecule has 0 rings (SSSR count). The first kappa shape index (κ1) is 11.0. The van der Waals surface area contributed by atoms with E-state index in [1.807, 2.05) is 6.92 Å². The molecule has 3 heteroatoms. The Morgan fingerprint density at radius 2 is 2.18 bits per heavy atom. The van der Waals surface area contributed by atoms with Crippen molar-refractivity contribution in [3.63, 3.8) is 0 Å². The topological polar surface area (TPSA) is 29.1 Å². The van der Waals surface area contributed by atoms with Gasteiger partial charge in [0.25, 0.3) is 0 Å². The van der Waals surface area contributed by atoms with Gasteiger partial charge in [0.2, 0.25) is 5.91 Å². The average molecular weight is 222 g/mol. The predicted octanol–water partition coefficient (Wildman–Crippen LogP) is 2.08. The third-order valence-corrected chi connectivity index (χ3v) is 2.23. The van der Waals surface area contributed by atoms with Gasteiger partial charge in [-0.3, -0.25) is 4.79 Å². The normalized spacial score (nSPS) is 12.6. The summed E-state index contributed by atoms with van der Waals surface area (Å²) in [5.74, 6) is 0.130. The number of hydrogen-bond donors (Lipinski definition) is 1. The molecule has 0 aliphatic heterocycles. The number of carbonyl (C=O) groups excluding carboxylic acids is 1. The van der Waals surface area contributed by atoms with Gasteiger partial charge in [0.05, 0.1) is 0 Å². The van der Waals surface area contributed by atoms with Gasteiger partial charge in [-0.25, -0.2) is 0 Å². The van der Waals surface area contributed by atoms with Crippen molar-refractivity contribution in [2.45, 2.75) is 37.9 Å². The number of nitrogens with one attached hydrogen (secondary N) is 1. The average Bonchev–Trinajstić information content (AvgIpc) is 2.01. The zero-order chi connectivity index (χ0) is 8.69. The van der Waals surface area contributed by atoms with E-state index in [4.69, 9.17) is 0 Å². The van der Waals surface area contributed by atoms with E-state index in [0.29, 0.717) is 11.2 Å². The van der Waals surface area contributed by atoms with Crippen LogP contribution in [-0.2, 0) is 4.79 Å². The minimum Gasteiger partial charge on any atom is -0.355 e. The number of alkyl halides is 1.